The van der Waals surface area contributed by atoms with Gasteiger partial charge in [-0.15, -0.1) is 0 Å². The maximum atomic E-state index is 12.1. The van der Waals surface area contributed by atoms with Crippen molar-refractivity contribution in [2.75, 3.05) is 51.7 Å². The van der Waals surface area contributed by atoms with Crippen molar-refractivity contribution in [3.05, 3.63) is 0 Å². The van der Waals surface area contributed by atoms with Gasteiger partial charge in [-0.25, -0.2) is 13.1 Å². The van der Waals surface area contributed by atoms with Crippen molar-refractivity contribution in [2.24, 2.45) is 5.92 Å². The van der Waals surface area contributed by atoms with Crippen molar-refractivity contribution >= 4 is 10.0 Å². The molecule has 20 heavy (non-hydrogen) atoms. The summed E-state index contributed by atoms with van der Waals surface area (Å²) in [6.07, 6.45) is 0. The van der Waals surface area contributed by atoms with Gasteiger partial charge in [-0.2, -0.15) is 0 Å². The van der Waals surface area contributed by atoms with Crippen LogP contribution in [-0.4, -0.2) is 71.0 Å². The van der Waals surface area contributed by atoms with Crippen LogP contribution in [0.3, 0.4) is 0 Å². The van der Waals surface area contributed by atoms with E-state index < -0.39 is 10.0 Å². The minimum atomic E-state index is -3.25. The van der Waals surface area contributed by atoms with Crippen LogP contribution in [0.25, 0.3) is 0 Å². The summed E-state index contributed by atoms with van der Waals surface area (Å²) >= 11 is 0. The van der Waals surface area contributed by atoms with Gasteiger partial charge in [0.15, 0.2) is 0 Å². The van der Waals surface area contributed by atoms with Gasteiger partial charge in [0.2, 0.25) is 10.0 Å². The lowest BCUT2D eigenvalue weighted by molar-refractivity contribution is 0.116. The van der Waals surface area contributed by atoms with Crippen molar-refractivity contribution < 1.29 is 13.2 Å². The summed E-state index contributed by atoms with van der Waals surface area (Å²) in [5.41, 5.74) is 0. The maximum absolute atomic E-state index is 12.1. The van der Waals surface area contributed by atoms with Crippen molar-refractivity contribution in [3.8, 4) is 0 Å². The monoisotopic (exact) mass is 307 g/mol. The molecule has 1 fully saturated rings. The quantitative estimate of drug-likeness (QED) is 0.621. The minimum absolute atomic E-state index is 0.150. The van der Waals surface area contributed by atoms with E-state index in [0.29, 0.717) is 19.8 Å². The first-order valence-corrected chi connectivity index (χ1v) is 9.10. The van der Waals surface area contributed by atoms with E-state index >= 15 is 0 Å². The topological polar surface area (TPSA) is 70.7 Å². The molecule has 0 aromatic rings. The summed E-state index contributed by atoms with van der Waals surface area (Å²) in [5.74, 6) is 0.373. The molecule has 6 nitrogen and oxygen atoms in total. The Morgan fingerprint density at radius 3 is 2.50 bits per heavy atom. The van der Waals surface area contributed by atoms with E-state index in [-0.39, 0.29) is 17.7 Å². The van der Waals surface area contributed by atoms with Gasteiger partial charge in [-0.05, 0) is 12.8 Å². The van der Waals surface area contributed by atoms with Gasteiger partial charge in [0, 0.05) is 45.4 Å². The van der Waals surface area contributed by atoms with E-state index in [0.717, 1.165) is 26.2 Å². The summed E-state index contributed by atoms with van der Waals surface area (Å²) in [6.45, 7) is 11.3. The second-order valence-corrected chi connectivity index (χ2v) is 7.41. The Kier molecular flexibility index (Phi) is 7.98. The zero-order valence-corrected chi connectivity index (χ0v) is 13.7. The maximum Gasteiger partial charge on any atom is 0.213 e. The number of sulfonamides is 1. The normalized spacial score (nSPS) is 19.4. The lowest BCUT2D eigenvalue weighted by Crippen LogP contribution is -2.48. The largest absolute Gasteiger partial charge is 0.380 e. The van der Waals surface area contributed by atoms with E-state index in [4.69, 9.17) is 4.74 Å². The van der Waals surface area contributed by atoms with Crippen molar-refractivity contribution in [2.45, 2.75) is 26.8 Å². The average Bonchev–Trinajstić information content (AvgIpc) is 2.42. The Balaban J connectivity index is 2.41. The van der Waals surface area contributed by atoms with Gasteiger partial charge >= 0.3 is 0 Å². The molecule has 2 N–H and O–H groups in total. The lowest BCUT2D eigenvalue weighted by atomic mass is 10.1. The third-order valence-corrected chi connectivity index (χ3v) is 4.90. The molecule has 0 aromatic carbocycles. The highest BCUT2D eigenvalue weighted by Crippen LogP contribution is 2.05. The van der Waals surface area contributed by atoms with Crippen LogP contribution in [0.15, 0.2) is 0 Å². The Morgan fingerprint density at radius 1 is 1.30 bits per heavy atom. The van der Waals surface area contributed by atoms with Crippen LogP contribution in [0.4, 0.5) is 0 Å². The average molecular weight is 307 g/mol. The van der Waals surface area contributed by atoms with Crippen LogP contribution >= 0.6 is 0 Å². The fourth-order valence-electron chi connectivity index (χ4n) is 2.08. The highest BCUT2D eigenvalue weighted by atomic mass is 32.2. The summed E-state index contributed by atoms with van der Waals surface area (Å²) in [6, 6.07) is -0.150. The minimum Gasteiger partial charge on any atom is -0.380 e. The first-order chi connectivity index (χ1) is 9.44. The lowest BCUT2D eigenvalue weighted by Gasteiger charge is -2.27. The Labute approximate surface area is 123 Å². The van der Waals surface area contributed by atoms with Gasteiger partial charge in [0.1, 0.15) is 0 Å². The molecule has 0 bridgehead atoms. The molecular weight excluding hydrogens is 278 g/mol. The Bertz CT molecular complexity index is 354. The van der Waals surface area contributed by atoms with Crippen LogP contribution < -0.4 is 10.0 Å². The van der Waals surface area contributed by atoms with Crippen LogP contribution in [0.2, 0.25) is 0 Å². The molecule has 1 aliphatic rings. The fourth-order valence-corrected chi connectivity index (χ4v) is 3.50. The van der Waals surface area contributed by atoms with Crippen molar-refractivity contribution in [1.29, 1.82) is 0 Å². The molecular formula is C13H29N3O3S. The molecule has 0 radical (unpaired) electrons. The molecule has 1 rings (SSSR count). The zero-order chi connectivity index (χ0) is 15.0. The molecule has 1 saturated heterocycles. The summed E-state index contributed by atoms with van der Waals surface area (Å²) < 4.78 is 32.4. The van der Waals surface area contributed by atoms with Gasteiger partial charge in [0.25, 0.3) is 0 Å². The van der Waals surface area contributed by atoms with Gasteiger partial charge in [-0.1, -0.05) is 13.8 Å². The zero-order valence-electron chi connectivity index (χ0n) is 12.9. The number of hydrogen-bond acceptors (Lipinski definition) is 5. The van der Waals surface area contributed by atoms with Gasteiger partial charge in [-0.3, -0.25) is 4.90 Å². The third kappa shape index (κ3) is 6.99. The smallest absolute Gasteiger partial charge is 0.213 e. The third-order valence-electron chi connectivity index (χ3n) is 3.52. The number of nitrogens with one attached hydrogen (secondary N) is 2. The highest BCUT2D eigenvalue weighted by Gasteiger charge is 2.22. The molecule has 0 spiro atoms. The standard InChI is InChI=1S/C13H29N3O3S/c1-4-19-11-13(12(2)3)15-20(17,18)10-9-16-7-5-14-6-8-16/h12-15H,4-11H2,1-3H3. The van der Waals surface area contributed by atoms with Crippen molar-refractivity contribution in [1.82, 2.24) is 14.9 Å². The second-order valence-electron chi connectivity index (χ2n) is 5.54. The van der Waals surface area contributed by atoms with Gasteiger partial charge in [0.05, 0.1) is 12.4 Å². The van der Waals surface area contributed by atoms with E-state index in [1.807, 2.05) is 20.8 Å². The molecule has 1 atom stereocenters. The molecule has 0 amide bonds. The van der Waals surface area contributed by atoms with Crippen LogP contribution in [0, 0.1) is 5.92 Å². The van der Waals surface area contributed by atoms with Gasteiger partial charge < -0.3 is 10.1 Å². The number of hydrogen-bond donors (Lipinski definition) is 2. The molecule has 7 heteroatoms. The molecule has 1 heterocycles. The van der Waals surface area contributed by atoms with E-state index in [1.54, 1.807) is 0 Å². The predicted octanol–water partition coefficient (Wildman–Crippen LogP) is -0.128. The summed E-state index contributed by atoms with van der Waals surface area (Å²) in [4.78, 5) is 2.18. The Hall–Kier alpha value is -0.210. The molecule has 0 saturated carbocycles. The first kappa shape index (κ1) is 17.8. The van der Waals surface area contributed by atoms with E-state index in [1.165, 1.54) is 0 Å². The highest BCUT2D eigenvalue weighted by molar-refractivity contribution is 7.89. The van der Waals surface area contributed by atoms with Crippen LogP contribution in [0.1, 0.15) is 20.8 Å². The molecule has 0 aromatic heterocycles. The second kappa shape index (κ2) is 8.94. The summed E-state index contributed by atoms with van der Waals surface area (Å²) in [7, 11) is -3.25. The molecule has 1 aliphatic heterocycles. The predicted molar refractivity (Wildman–Crippen MR) is 81.4 cm³/mol. The van der Waals surface area contributed by atoms with Crippen LogP contribution in [-0.2, 0) is 14.8 Å². The number of rotatable bonds is 9. The SMILES string of the molecule is CCOCC(NS(=O)(=O)CCN1CCNCC1)C(C)C. The molecule has 120 valence electrons. The molecule has 0 aliphatic carbocycles. The number of ether oxygens (including phenoxy) is 1. The van der Waals surface area contributed by atoms with E-state index in [9.17, 15) is 8.42 Å². The fraction of sp³-hybridized carbons (Fsp3) is 1.00. The first-order valence-electron chi connectivity index (χ1n) is 7.45. The molecule has 1 unspecified atom stereocenters. The number of piperazine rings is 1. The Morgan fingerprint density at radius 2 is 1.95 bits per heavy atom. The number of nitrogens with zero attached hydrogens (tertiary/aromatic N) is 1. The van der Waals surface area contributed by atoms with Crippen molar-refractivity contribution in [3.63, 3.8) is 0 Å². The van der Waals surface area contributed by atoms with E-state index in [2.05, 4.69) is 14.9 Å². The summed E-state index contributed by atoms with van der Waals surface area (Å²) in [5, 5.41) is 3.26. The van der Waals surface area contributed by atoms with Crippen LogP contribution in [0.5, 0.6) is 0 Å².